The second kappa shape index (κ2) is 6.69. The molecule has 2 aromatic rings. The van der Waals surface area contributed by atoms with E-state index in [1.54, 1.807) is 6.92 Å². The first-order chi connectivity index (χ1) is 11.5. The first kappa shape index (κ1) is 16.6. The van der Waals surface area contributed by atoms with Crippen LogP contribution in [-0.4, -0.2) is 17.1 Å². The van der Waals surface area contributed by atoms with E-state index >= 15 is 0 Å². The summed E-state index contributed by atoms with van der Waals surface area (Å²) in [6, 6.07) is 10.5. The van der Waals surface area contributed by atoms with Crippen molar-refractivity contribution in [2.24, 2.45) is 0 Å². The normalized spacial score (nSPS) is 20.5. The van der Waals surface area contributed by atoms with Gasteiger partial charge in [0.05, 0.1) is 12.1 Å². The van der Waals surface area contributed by atoms with Crippen molar-refractivity contribution in [3.8, 4) is 0 Å². The van der Waals surface area contributed by atoms with Gasteiger partial charge in [0.2, 0.25) is 5.91 Å². The average molecular weight is 331 g/mol. The van der Waals surface area contributed by atoms with Gasteiger partial charge in [-0.3, -0.25) is 4.79 Å². The van der Waals surface area contributed by atoms with E-state index in [1.165, 1.54) is 12.1 Å². The molecule has 1 unspecified atom stereocenters. The van der Waals surface area contributed by atoms with Crippen LogP contribution in [-0.2, 0) is 11.2 Å². The summed E-state index contributed by atoms with van der Waals surface area (Å²) < 4.78 is 26.8. The highest BCUT2D eigenvalue weighted by molar-refractivity contribution is 5.77. The van der Waals surface area contributed by atoms with E-state index in [1.807, 2.05) is 24.3 Å². The Balaban J connectivity index is 1.67. The third-order valence-electron chi connectivity index (χ3n) is 4.51. The van der Waals surface area contributed by atoms with Crippen LogP contribution in [0.15, 0.2) is 42.5 Å². The Hall–Kier alpha value is -2.27. The van der Waals surface area contributed by atoms with E-state index in [-0.39, 0.29) is 18.2 Å². The molecular weight excluding hydrogens is 312 g/mol. The molecule has 0 bridgehead atoms. The molecule has 24 heavy (non-hydrogen) atoms. The molecular formula is C19H19F2NO2. The summed E-state index contributed by atoms with van der Waals surface area (Å²) >= 11 is 0. The van der Waals surface area contributed by atoms with E-state index in [0.29, 0.717) is 12.0 Å². The number of amides is 1. The van der Waals surface area contributed by atoms with Crippen molar-refractivity contribution >= 4 is 5.91 Å². The number of aliphatic hydroxyl groups excluding tert-OH is 1. The van der Waals surface area contributed by atoms with Crippen molar-refractivity contribution in [3.05, 3.63) is 70.8 Å². The number of rotatable bonds is 4. The fourth-order valence-corrected chi connectivity index (χ4v) is 3.27. The van der Waals surface area contributed by atoms with Gasteiger partial charge in [-0.1, -0.05) is 37.3 Å². The first-order valence-electron chi connectivity index (χ1n) is 7.96. The second-order valence-corrected chi connectivity index (χ2v) is 6.29. The van der Waals surface area contributed by atoms with Crippen LogP contribution >= 0.6 is 0 Å². The molecule has 2 N–H and O–H groups in total. The van der Waals surface area contributed by atoms with Gasteiger partial charge in [0.15, 0.2) is 0 Å². The second-order valence-electron chi connectivity index (χ2n) is 6.29. The predicted molar refractivity (Wildman–Crippen MR) is 86.4 cm³/mol. The Morgan fingerprint density at radius 3 is 2.79 bits per heavy atom. The molecule has 0 radical (unpaired) electrons. The molecule has 2 aromatic carbocycles. The summed E-state index contributed by atoms with van der Waals surface area (Å²) in [5.41, 5.74) is 2.24. The maximum atomic E-state index is 13.8. The minimum absolute atomic E-state index is 0.0634. The summed E-state index contributed by atoms with van der Waals surface area (Å²) in [6.45, 7) is 1.72. The Morgan fingerprint density at radius 1 is 1.29 bits per heavy atom. The molecule has 3 rings (SSSR count). The minimum atomic E-state index is -0.663. The third kappa shape index (κ3) is 3.31. The van der Waals surface area contributed by atoms with Crippen molar-refractivity contribution in [3.63, 3.8) is 0 Å². The van der Waals surface area contributed by atoms with Crippen LogP contribution < -0.4 is 5.32 Å². The zero-order valence-electron chi connectivity index (χ0n) is 13.3. The summed E-state index contributed by atoms with van der Waals surface area (Å²) in [5.74, 6) is -1.95. The van der Waals surface area contributed by atoms with Gasteiger partial charge in [0.25, 0.3) is 0 Å². The van der Waals surface area contributed by atoms with Crippen molar-refractivity contribution in [2.45, 2.75) is 37.8 Å². The maximum absolute atomic E-state index is 13.8. The third-order valence-corrected chi connectivity index (χ3v) is 4.51. The van der Waals surface area contributed by atoms with Crippen molar-refractivity contribution in [2.75, 3.05) is 0 Å². The van der Waals surface area contributed by atoms with E-state index < -0.39 is 23.8 Å². The number of carbonyl (C=O) groups excluding carboxylic acids is 1. The van der Waals surface area contributed by atoms with Gasteiger partial charge in [0, 0.05) is 18.9 Å². The Bertz CT molecular complexity index is 763. The van der Waals surface area contributed by atoms with Crippen LogP contribution in [0.25, 0.3) is 0 Å². The van der Waals surface area contributed by atoms with E-state index in [9.17, 15) is 18.7 Å². The predicted octanol–water partition coefficient (Wildman–Crippen LogP) is 3.23. The number of aliphatic hydroxyl groups is 1. The van der Waals surface area contributed by atoms with Crippen LogP contribution in [0.4, 0.5) is 8.78 Å². The lowest BCUT2D eigenvalue weighted by Gasteiger charge is -2.20. The van der Waals surface area contributed by atoms with Crippen molar-refractivity contribution < 1.29 is 18.7 Å². The smallest absolute Gasteiger partial charge is 0.221 e. The van der Waals surface area contributed by atoms with Crippen LogP contribution in [0, 0.1) is 11.6 Å². The van der Waals surface area contributed by atoms with Gasteiger partial charge in [-0.05, 0) is 28.7 Å². The zero-order chi connectivity index (χ0) is 17.3. The molecule has 3 nitrogen and oxygen atoms in total. The average Bonchev–Trinajstić information content (AvgIpc) is 2.83. The van der Waals surface area contributed by atoms with Crippen molar-refractivity contribution in [1.29, 1.82) is 0 Å². The van der Waals surface area contributed by atoms with Crippen molar-refractivity contribution in [1.82, 2.24) is 5.32 Å². The molecule has 0 saturated heterocycles. The van der Waals surface area contributed by atoms with E-state index in [2.05, 4.69) is 5.32 Å². The van der Waals surface area contributed by atoms with Gasteiger partial charge in [-0.15, -0.1) is 0 Å². The van der Waals surface area contributed by atoms with Crippen LogP contribution in [0.3, 0.4) is 0 Å². The highest BCUT2D eigenvalue weighted by Gasteiger charge is 2.32. The number of hydrogen-bond acceptors (Lipinski definition) is 2. The van der Waals surface area contributed by atoms with Gasteiger partial charge in [0.1, 0.15) is 11.6 Å². The number of hydrogen-bond donors (Lipinski definition) is 2. The molecule has 5 heteroatoms. The maximum Gasteiger partial charge on any atom is 0.221 e. The molecule has 0 fully saturated rings. The zero-order valence-corrected chi connectivity index (χ0v) is 13.3. The topological polar surface area (TPSA) is 49.3 Å². The van der Waals surface area contributed by atoms with Gasteiger partial charge >= 0.3 is 0 Å². The molecule has 0 aromatic heterocycles. The minimum Gasteiger partial charge on any atom is -0.390 e. The monoisotopic (exact) mass is 331 g/mol. The molecule has 1 aliphatic carbocycles. The first-order valence-corrected chi connectivity index (χ1v) is 7.96. The summed E-state index contributed by atoms with van der Waals surface area (Å²) in [4.78, 5) is 12.3. The summed E-state index contributed by atoms with van der Waals surface area (Å²) in [6.07, 6.45) is -0.0961. The number of carbonyl (C=O) groups is 1. The lowest BCUT2D eigenvalue weighted by molar-refractivity contribution is -0.122. The van der Waals surface area contributed by atoms with Gasteiger partial charge in [-0.2, -0.15) is 0 Å². The quantitative estimate of drug-likeness (QED) is 0.904. The van der Waals surface area contributed by atoms with Crippen LogP contribution in [0.5, 0.6) is 0 Å². The fourth-order valence-electron chi connectivity index (χ4n) is 3.27. The highest BCUT2D eigenvalue weighted by Crippen LogP contribution is 2.31. The van der Waals surface area contributed by atoms with Gasteiger partial charge < -0.3 is 10.4 Å². The van der Waals surface area contributed by atoms with Gasteiger partial charge in [-0.25, -0.2) is 8.78 Å². The summed E-state index contributed by atoms with van der Waals surface area (Å²) in [5, 5.41) is 13.0. The lowest BCUT2D eigenvalue weighted by Crippen LogP contribution is -2.34. The SMILES string of the molecule is CC(CC(=O)N[C@@H]1c2ccccc2C[C@@H]1O)c1ccc(F)cc1F. The Morgan fingerprint density at radius 2 is 2.04 bits per heavy atom. The fraction of sp³-hybridized carbons (Fsp3) is 0.316. The van der Waals surface area contributed by atoms with Crippen LogP contribution in [0.2, 0.25) is 0 Å². The van der Waals surface area contributed by atoms with E-state index in [4.69, 9.17) is 0 Å². The number of benzene rings is 2. The molecule has 3 atom stereocenters. The molecule has 1 aliphatic rings. The number of nitrogens with one attached hydrogen (secondary N) is 1. The van der Waals surface area contributed by atoms with Crippen LogP contribution in [0.1, 0.15) is 42.0 Å². The Labute approximate surface area is 139 Å². The largest absolute Gasteiger partial charge is 0.390 e. The molecule has 1 amide bonds. The van der Waals surface area contributed by atoms with E-state index in [0.717, 1.165) is 17.2 Å². The number of fused-ring (bicyclic) bond motifs is 1. The molecule has 126 valence electrons. The molecule has 0 saturated carbocycles. The Kier molecular flexibility index (Phi) is 4.62. The molecule has 0 heterocycles. The molecule has 0 spiro atoms. The standard InChI is InChI=1S/C19H19F2NO2/c1-11(14-7-6-13(20)10-16(14)21)8-18(24)22-19-15-5-3-2-4-12(15)9-17(19)23/h2-7,10-11,17,19,23H,8-9H2,1H3,(H,22,24)/t11?,17-,19+/m0/s1. The number of halogens is 2. The summed E-state index contributed by atoms with van der Waals surface area (Å²) in [7, 11) is 0. The molecule has 0 aliphatic heterocycles. The lowest BCUT2D eigenvalue weighted by atomic mass is 9.96. The highest BCUT2D eigenvalue weighted by atomic mass is 19.1.